The van der Waals surface area contributed by atoms with Gasteiger partial charge in [-0.05, 0) is 32.9 Å². The van der Waals surface area contributed by atoms with Crippen molar-refractivity contribution >= 4 is 11.9 Å². The van der Waals surface area contributed by atoms with E-state index in [1.165, 1.54) is 6.07 Å². The molecule has 0 aromatic heterocycles. The topological polar surface area (TPSA) is 55.8 Å². The van der Waals surface area contributed by atoms with Gasteiger partial charge in [0.1, 0.15) is 18.2 Å². The van der Waals surface area contributed by atoms with Crippen LogP contribution in [-0.4, -0.2) is 35.5 Å². The molecule has 6 heteroatoms. The summed E-state index contributed by atoms with van der Waals surface area (Å²) in [7, 11) is 0. The first-order valence-electron chi connectivity index (χ1n) is 8.48. The molecule has 0 aliphatic carbocycles. The number of amides is 1. The Hall–Kier alpha value is -2.11. The molecule has 1 atom stereocenters. The van der Waals surface area contributed by atoms with Crippen molar-refractivity contribution in [2.24, 2.45) is 5.41 Å². The molecule has 0 spiro atoms. The average molecular weight is 351 g/mol. The Morgan fingerprint density at radius 2 is 1.96 bits per heavy atom. The Kier molecular flexibility index (Phi) is 5.40. The van der Waals surface area contributed by atoms with E-state index in [-0.39, 0.29) is 48.1 Å². The van der Waals surface area contributed by atoms with Gasteiger partial charge in [-0.3, -0.25) is 4.79 Å². The Labute approximate surface area is 148 Å². The predicted octanol–water partition coefficient (Wildman–Crippen LogP) is 3.55. The molecule has 2 rings (SSSR count). The van der Waals surface area contributed by atoms with Gasteiger partial charge in [-0.2, -0.15) is 0 Å². The van der Waals surface area contributed by atoms with Gasteiger partial charge in [0.2, 0.25) is 5.91 Å². The summed E-state index contributed by atoms with van der Waals surface area (Å²) >= 11 is 0. The molecule has 1 aliphatic heterocycles. The van der Waals surface area contributed by atoms with E-state index in [0.717, 1.165) is 6.07 Å². The van der Waals surface area contributed by atoms with Crippen molar-refractivity contribution in [1.82, 2.24) is 4.90 Å². The molecule has 1 aliphatic rings. The Morgan fingerprint density at radius 3 is 2.52 bits per heavy atom. The number of hydrogen-bond donors (Lipinski definition) is 0. The van der Waals surface area contributed by atoms with Crippen LogP contribution in [0.5, 0.6) is 5.75 Å². The molecule has 0 saturated carbocycles. The van der Waals surface area contributed by atoms with Gasteiger partial charge in [0.15, 0.2) is 0 Å². The zero-order valence-corrected chi connectivity index (χ0v) is 15.7. The quantitative estimate of drug-likeness (QED) is 0.765. The average Bonchev–Trinajstić information content (AvgIpc) is 2.64. The first kappa shape index (κ1) is 19.2. The fraction of sp³-hybridized carbons (Fsp3) is 0.579. The van der Waals surface area contributed by atoms with E-state index < -0.39 is 17.2 Å². The first-order chi connectivity index (χ1) is 11.5. The molecule has 5 nitrogen and oxygen atoms in total. The summed E-state index contributed by atoms with van der Waals surface area (Å²) < 4.78 is 25.4. The lowest BCUT2D eigenvalue weighted by Crippen LogP contribution is -2.45. The minimum Gasteiger partial charge on any atom is -0.491 e. The van der Waals surface area contributed by atoms with E-state index >= 15 is 0 Å². The van der Waals surface area contributed by atoms with E-state index in [1.807, 2.05) is 27.7 Å². The van der Waals surface area contributed by atoms with Crippen LogP contribution in [0.1, 0.15) is 57.5 Å². The highest BCUT2D eigenvalue weighted by Crippen LogP contribution is 2.31. The van der Waals surface area contributed by atoms with Crippen molar-refractivity contribution in [2.75, 3.05) is 6.61 Å². The number of fused-ring (bicyclic) bond motifs is 1. The number of halogens is 1. The smallest absolute Gasteiger partial charge is 0.338 e. The third-order valence-electron chi connectivity index (χ3n) is 3.98. The molecule has 1 heterocycles. The fourth-order valence-corrected chi connectivity index (χ4v) is 2.62. The molecule has 1 amide bonds. The van der Waals surface area contributed by atoms with E-state index in [4.69, 9.17) is 9.47 Å². The first-order valence-corrected chi connectivity index (χ1v) is 8.48. The largest absolute Gasteiger partial charge is 0.491 e. The highest BCUT2D eigenvalue weighted by Gasteiger charge is 2.34. The van der Waals surface area contributed by atoms with Gasteiger partial charge >= 0.3 is 5.97 Å². The predicted molar refractivity (Wildman–Crippen MR) is 91.9 cm³/mol. The van der Waals surface area contributed by atoms with Gasteiger partial charge in [0, 0.05) is 11.0 Å². The molecule has 0 saturated heterocycles. The van der Waals surface area contributed by atoms with E-state index in [9.17, 15) is 14.0 Å². The molecule has 0 radical (unpaired) electrons. The molecule has 138 valence electrons. The Bertz CT molecular complexity index is 679. The molecular formula is C19H26FNO4. The van der Waals surface area contributed by atoms with Crippen molar-refractivity contribution in [3.8, 4) is 5.75 Å². The highest BCUT2D eigenvalue weighted by molar-refractivity contribution is 5.90. The number of rotatable bonds is 2. The number of hydrogen-bond acceptors (Lipinski definition) is 4. The number of carbonyl (C=O) groups excluding carboxylic acids is 2. The summed E-state index contributed by atoms with van der Waals surface area (Å²) in [5.74, 6) is -0.958. The van der Waals surface area contributed by atoms with Crippen LogP contribution in [0.15, 0.2) is 12.1 Å². The van der Waals surface area contributed by atoms with Crippen LogP contribution < -0.4 is 4.74 Å². The lowest BCUT2D eigenvalue weighted by atomic mass is 9.93. The number of carbonyl (C=O) groups is 2. The minimum atomic E-state index is -0.597. The SMILES string of the molecule is CC(C)OC(=O)c1cc(F)c2c(c1)OCC(C)N(C(=O)C(C)(C)C)C2. The van der Waals surface area contributed by atoms with Gasteiger partial charge < -0.3 is 14.4 Å². The third kappa shape index (κ3) is 4.30. The highest BCUT2D eigenvalue weighted by atomic mass is 19.1. The molecular weight excluding hydrogens is 325 g/mol. The monoisotopic (exact) mass is 351 g/mol. The van der Waals surface area contributed by atoms with Crippen LogP contribution in [-0.2, 0) is 16.1 Å². The maximum Gasteiger partial charge on any atom is 0.338 e. The summed E-state index contributed by atoms with van der Waals surface area (Å²) in [6.45, 7) is 11.1. The van der Waals surface area contributed by atoms with Crippen molar-refractivity contribution in [3.05, 3.63) is 29.1 Å². The number of esters is 1. The van der Waals surface area contributed by atoms with Gasteiger partial charge in [-0.15, -0.1) is 0 Å². The van der Waals surface area contributed by atoms with Crippen molar-refractivity contribution in [3.63, 3.8) is 0 Å². The maximum absolute atomic E-state index is 14.6. The second-order valence-electron chi connectivity index (χ2n) is 7.73. The summed E-state index contributed by atoms with van der Waals surface area (Å²) in [4.78, 5) is 26.3. The number of nitrogens with zero attached hydrogens (tertiary/aromatic N) is 1. The van der Waals surface area contributed by atoms with Gasteiger partial charge in [-0.1, -0.05) is 20.8 Å². The lowest BCUT2D eigenvalue weighted by Gasteiger charge is -2.32. The standard InChI is InChI=1S/C19H26FNO4/c1-11(2)25-17(22)13-7-15(20)14-9-21(18(23)19(4,5)6)12(3)10-24-16(14)8-13/h7-8,11-12H,9-10H2,1-6H3. The minimum absolute atomic E-state index is 0.0702. The van der Waals surface area contributed by atoms with Crippen LogP contribution in [0.3, 0.4) is 0 Å². The zero-order chi connectivity index (χ0) is 18.9. The number of benzene rings is 1. The molecule has 1 aromatic rings. The Morgan fingerprint density at radius 1 is 1.32 bits per heavy atom. The Balaban J connectivity index is 2.37. The second-order valence-corrected chi connectivity index (χ2v) is 7.73. The van der Waals surface area contributed by atoms with Gasteiger partial charge in [0.05, 0.1) is 24.3 Å². The second kappa shape index (κ2) is 7.02. The zero-order valence-electron chi connectivity index (χ0n) is 15.7. The van der Waals surface area contributed by atoms with Crippen molar-refractivity contribution in [2.45, 2.75) is 60.2 Å². The van der Waals surface area contributed by atoms with Gasteiger partial charge in [-0.25, -0.2) is 9.18 Å². The normalized spacial score (nSPS) is 17.6. The maximum atomic E-state index is 14.6. The van der Waals surface area contributed by atoms with E-state index in [2.05, 4.69) is 0 Å². The van der Waals surface area contributed by atoms with Crippen LogP contribution in [0.2, 0.25) is 0 Å². The van der Waals surface area contributed by atoms with Crippen LogP contribution >= 0.6 is 0 Å². The van der Waals surface area contributed by atoms with Gasteiger partial charge in [0.25, 0.3) is 0 Å². The molecule has 0 N–H and O–H groups in total. The van der Waals surface area contributed by atoms with Crippen molar-refractivity contribution in [1.29, 1.82) is 0 Å². The van der Waals surface area contributed by atoms with Crippen LogP contribution in [0.4, 0.5) is 4.39 Å². The summed E-state index contributed by atoms with van der Waals surface area (Å²) in [6, 6.07) is 2.42. The molecule has 0 fully saturated rings. The molecule has 0 bridgehead atoms. The van der Waals surface area contributed by atoms with Crippen LogP contribution in [0, 0.1) is 11.2 Å². The molecule has 1 aromatic carbocycles. The van der Waals surface area contributed by atoms with Crippen LogP contribution in [0.25, 0.3) is 0 Å². The third-order valence-corrected chi connectivity index (χ3v) is 3.98. The summed E-state index contributed by atoms with van der Waals surface area (Å²) in [5, 5.41) is 0. The van der Waals surface area contributed by atoms with E-state index in [0.29, 0.717) is 0 Å². The summed E-state index contributed by atoms with van der Waals surface area (Å²) in [5.41, 5.74) is -0.188. The molecule has 25 heavy (non-hydrogen) atoms. The van der Waals surface area contributed by atoms with E-state index in [1.54, 1.807) is 18.7 Å². The lowest BCUT2D eigenvalue weighted by molar-refractivity contribution is -0.142. The number of ether oxygens (including phenoxy) is 2. The fourth-order valence-electron chi connectivity index (χ4n) is 2.62. The summed E-state index contributed by atoms with van der Waals surface area (Å²) in [6.07, 6.45) is -0.296. The molecule has 1 unspecified atom stereocenters. The van der Waals surface area contributed by atoms with Crippen molar-refractivity contribution < 1.29 is 23.5 Å².